The maximum absolute atomic E-state index is 12.5. The molecule has 35 heavy (non-hydrogen) atoms. The van der Waals surface area contributed by atoms with E-state index in [1.807, 2.05) is 45.8 Å². The number of nitroso groups, excluding NO2 is 1. The summed E-state index contributed by atoms with van der Waals surface area (Å²) in [5.74, 6) is -0.323. The number of rotatable bonds is 9. The van der Waals surface area contributed by atoms with Crippen molar-refractivity contribution in [1.29, 1.82) is 0 Å². The number of allylic oxidation sites excluding steroid dienone is 2. The van der Waals surface area contributed by atoms with E-state index in [1.165, 1.54) is 31.3 Å². The highest BCUT2D eigenvalue weighted by atomic mass is 19.4. The normalized spacial score (nSPS) is 11.2. The monoisotopic (exact) mass is 492 g/mol. The second-order valence-electron chi connectivity index (χ2n) is 7.82. The van der Waals surface area contributed by atoms with E-state index in [4.69, 9.17) is 0 Å². The molecule has 9 heteroatoms. The zero-order chi connectivity index (χ0) is 26.8. The Hall–Kier alpha value is -3.62. The molecule has 0 aliphatic heterocycles. The van der Waals surface area contributed by atoms with Crippen molar-refractivity contribution in [3.05, 3.63) is 70.8 Å². The van der Waals surface area contributed by atoms with Gasteiger partial charge < -0.3 is 15.0 Å². The summed E-state index contributed by atoms with van der Waals surface area (Å²) in [6.45, 7) is 11.2. The highest BCUT2D eigenvalue weighted by molar-refractivity contribution is 5.83. The molecule has 2 rings (SSSR count). The fourth-order valence-corrected chi connectivity index (χ4v) is 3.50. The van der Waals surface area contributed by atoms with Gasteiger partial charge in [-0.1, -0.05) is 30.7 Å². The molecular formula is C26H33F3N3O3+. The van der Waals surface area contributed by atoms with Crippen LogP contribution in [0, 0.1) is 11.8 Å². The molecule has 0 aliphatic carbocycles. The summed E-state index contributed by atoms with van der Waals surface area (Å²) in [5.41, 5.74) is 4.86. The predicted molar refractivity (Wildman–Crippen MR) is 134 cm³/mol. The van der Waals surface area contributed by atoms with Gasteiger partial charge in [-0.2, -0.15) is 0 Å². The molecule has 0 bridgehead atoms. The minimum absolute atomic E-state index is 0.116. The van der Waals surface area contributed by atoms with Crippen LogP contribution in [0.3, 0.4) is 0 Å². The van der Waals surface area contributed by atoms with Gasteiger partial charge in [0.15, 0.2) is 7.05 Å². The molecule has 0 saturated heterocycles. The van der Waals surface area contributed by atoms with Crippen molar-refractivity contribution in [3.63, 3.8) is 0 Å². The highest BCUT2D eigenvalue weighted by Crippen LogP contribution is 2.41. The molecule has 6 nitrogen and oxygen atoms in total. The third kappa shape index (κ3) is 8.59. The molecule has 0 unspecified atom stereocenters. The number of amides is 1. The van der Waals surface area contributed by atoms with Gasteiger partial charge in [-0.15, -0.1) is 19.8 Å². The first-order valence-electron chi connectivity index (χ1n) is 11.0. The Labute approximate surface area is 204 Å². The molecule has 2 aromatic rings. The Morgan fingerprint density at radius 1 is 1.26 bits per heavy atom. The van der Waals surface area contributed by atoms with Crippen molar-refractivity contribution < 1.29 is 27.5 Å². The minimum atomic E-state index is -4.77. The van der Waals surface area contributed by atoms with Crippen LogP contribution in [0.15, 0.2) is 54.8 Å². The van der Waals surface area contributed by atoms with E-state index in [9.17, 15) is 22.9 Å². The minimum Gasteiger partial charge on any atom is -0.406 e. The fraction of sp³-hybridized carbons (Fsp3) is 0.346. The van der Waals surface area contributed by atoms with Gasteiger partial charge in [-0.25, -0.2) is 0 Å². The van der Waals surface area contributed by atoms with Crippen molar-refractivity contribution in [2.75, 3.05) is 19.0 Å². The largest absolute Gasteiger partial charge is 0.573 e. The zero-order valence-electron chi connectivity index (χ0n) is 21.0. The lowest BCUT2D eigenvalue weighted by Crippen LogP contribution is -2.18. The van der Waals surface area contributed by atoms with Crippen molar-refractivity contribution >= 4 is 17.8 Å². The van der Waals surface area contributed by atoms with Crippen molar-refractivity contribution in [3.8, 4) is 16.9 Å². The SMILES string of the molecule is C=CC.CC/C(C)=C/N(C)c1c(C)c(-c2ccc(OC(F)(F)F)cc2)cc(CNC=O)c1[N+](C)=O. The van der Waals surface area contributed by atoms with E-state index in [2.05, 4.69) is 16.6 Å². The summed E-state index contributed by atoms with van der Waals surface area (Å²) in [5, 5.41) is 2.59. The highest BCUT2D eigenvalue weighted by Gasteiger charge is 2.31. The van der Waals surface area contributed by atoms with Gasteiger partial charge in [0.1, 0.15) is 11.4 Å². The molecule has 1 N–H and O–H groups in total. The number of hydrogen-bond donors (Lipinski definition) is 1. The van der Waals surface area contributed by atoms with Gasteiger partial charge in [-0.3, -0.25) is 4.79 Å². The first kappa shape index (κ1) is 29.4. The fourth-order valence-electron chi connectivity index (χ4n) is 3.50. The van der Waals surface area contributed by atoms with E-state index in [0.717, 1.165) is 27.9 Å². The first-order valence-corrected chi connectivity index (χ1v) is 11.0. The van der Waals surface area contributed by atoms with Crippen LogP contribution in [-0.2, 0) is 11.3 Å². The molecule has 0 spiro atoms. The van der Waals surface area contributed by atoms with Gasteiger partial charge in [0.2, 0.25) is 6.41 Å². The second-order valence-corrected chi connectivity index (χ2v) is 7.82. The molecular weight excluding hydrogens is 459 g/mol. The van der Waals surface area contributed by atoms with E-state index in [0.29, 0.717) is 28.9 Å². The number of nitrogens with zero attached hydrogens (tertiary/aromatic N) is 2. The molecule has 0 radical (unpaired) electrons. The van der Waals surface area contributed by atoms with E-state index >= 15 is 0 Å². The lowest BCUT2D eigenvalue weighted by atomic mass is 9.94. The summed E-state index contributed by atoms with van der Waals surface area (Å²) < 4.78 is 42.2. The predicted octanol–water partition coefficient (Wildman–Crippen LogP) is 6.79. The molecule has 0 atom stereocenters. The average molecular weight is 493 g/mol. The topological polar surface area (TPSA) is 61.6 Å². The van der Waals surface area contributed by atoms with Gasteiger partial charge in [0.25, 0.3) is 5.69 Å². The summed E-state index contributed by atoms with van der Waals surface area (Å²) in [6, 6.07) is 7.30. The Morgan fingerprint density at radius 2 is 1.83 bits per heavy atom. The quantitative estimate of drug-likeness (QED) is 0.238. The van der Waals surface area contributed by atoms with E-state index in [-0.39, 0.29) is 12.3 Å². The number of benzene rings is 2. The number of carbonyl (C=O) groups is 1. The van der Waals surface area contributed by atoms with E-state index in [1.54, 1.807) is 12.1 Å². The number of hydrogen-bond acceptors (Lipinski definition) is 4. The molecule has 0 saturated carbocycles. The van der Waals surface area contributed by atoms with Crippen molar-refractivity contribution in [1.82, 2.24) is 5.32 Å². The van der Waals surface area contributed by atoms with Gasteiger partial charge >= 0.3 is 6.36 Å². The Kier molecular flexibility index (Phi) is 11.2. The zero-order valence-corrected chi connectivity index (χ0v) is 21.0. The standard InChI is InChI=1S/C23H26F3N3O3.C3H6/c1-6-15(2)13-28(4)21-16(3)20(11-18(12-27-14-30)22(21)29(5)31)17-7-9-19(10-8-17)32-23(24,25)26;1-3-2/h7-11,13-14H,6,12H2,1-5H3;3H,1H2,2H3/p+1/b15-13+;. The number of halogens is 3. The molecule has 0 aromatic heterocycles. The van der Waals surface area contributed by atoms with Crippen molar-refractivity contribution in [2.24, 2.45) is 0 Å². The average Bonchev–Trinajstić information content (AvgIpc) is 2.77. The lowest BCUT2D eigenvalue weighted by Gasteiger charge is -2.22. The Morgan fingerprint density at radius 3 is 2.29 bits per heavy atom. The van der Waals surface area contributed by atoms with Gasteiger partial charge in [0.05, 0.1) is 5.56 Å². The number of nitrogens with one attached hydrogen (secondary N) is 1. The van der Waals surface area contributed by atoms with E-state index < -0.39 is 6.36 Å². The number of carbonyl (C=O) groups excluding carboxylic acids is 1. The maximum Gasteiger partial charge on any atom is 0.573 e. The van der Waals surface area contributed by atoms with Crippen LogP contribution < -0.4 is 15.0 Å². The second kappa shape index (κ2) is 13.3. The lowest BCUT2D eigenvalue weighted by molar-refractivity contribution is -0.428. The van der Waals surface area contributed by atoms with Crippen LogP contribution >= 0.6 is 0 Å². The van der Waals surface area contributed by atoms with Crippen molar-refractivity contribution in [2.45, 2.75) is 47.0 Å². The summed E-state index contributed by atoms with van der Waals surface area (Å²) in [6.07, 6.45) is 0.273. The molecule has 2 aromatic carbocycles. The van der Waals surface area contributed by atoms with Gasteiger partial charge in [-0.05, 0) is 62.1 Å². The Balaban J connectivity index is 0.00000194. The molecule has 190 valence electrons. The molecule has 1 amide bonds. The van der Waals surface area contributed by atoms with Crippen LogP contribution in [0.1, 0.15) is 38.3 Å². The third-order valence-corrected chi connectivity index (χ3v) is 5.02. The van der Waals surface area contributed by atoms with Gasteiger partial charge in [0, 0.05) is 29.5 Å². The molecule has 0 heterocycles. The first-order chi connectivity index (χ1) is 16.4. The molecule has 0 aliphatic rings. The number of ether oxygens (including phenoxy) is 1. The number of alkyl halides is 3. The van der Waals surface area contributed by atoms with Crippen LogP contribution in [0.2, 0.25) is 0 Å². The Bertz CT molecular complexity index is 1060. The third-order valence-electron chi connectivity index (χ3n) is 5.02. The summed E-state index contributed by atoms with van der Waals surface area (Å²) >= 11 is 0. The smallest absolute Gasteiger partial charge is 0.406 e. The van der Waals surface area contributed by atoms with Crippen LogP contribution in [-0.4, -0.2) is 31.6 Å². The summed E-state index contributed by atoms with van der Waals surface area (Å²) in [7, 11) is 3.21. The van der Waals surface area contributed by atoms with Crippen LogP contribution in [0.25, 0.3) is 11.1 Å². The van der Waals surface area contributed by atoms with Crippen LogP contribution in [0.5, 0.6) is 5.75 Å². The number of anilines is 1. The maximum atomic E-state index is 12.5. The molecule has 0 fully saturated rings. The van der Waals surface area contributed by atoms with Crippen LogP contribution in [0.4, 0.5) is 24.5 Å². The summed E-state index contributed by atoms with van der Waals surface area (Å²) in [4.78, 5) is 25.3.